The molecule has 1 aliphatic rings. The molecule has 1 aromatic carbocycles. The summed E-state index contributed by atoms with van der Waals surface area (Å²) in [6, 6.07) is 4.72. The first-order valence-corrected chi connectivity index (χ1v) is 11.1. The van der Waals surface area contributed by atoms with Crippen molar-refractivity contribution in [3.05, 3.63) is 58.2 Å². The maximum Gasteiger partial charge on any atom is 0.431 e. The molecule has 0 aromatic heterocycles. The summed E-state index contributed by atoms with van der Waals surface area (Å²) in [7, 11) is 0.933. The lowest BCUT2D eigenvalue weighted by Gasteiger charge is -2.32. The van der Waals surface area contributed by atoms with Crippen molar-refractivity contribution in [1.82, 2.24) is 5.32 Å². The van der Waals surface area contributed by atoms with E-state index >= 15 is 0 Å². The highest BCUT2D eigenvalue weighted by atomic mass is 79.9. The van der Waals surface area contributed by atoms with E-state index in [9.17, 15) is 27.2 Å². The van der Waals surface area contributed by atoms with Crippen LogP contribution in [-0.4, -0.2) is 37.2 Å². The molecule has 1 unspecified atom stereocenters. The molecule has 0 saturated heterocycles. The van der Waals surface area contributed by atoms with Crippen molar-refractivity contribution in [3.8, 4) is 0 Å². The van der Waals surface area contributed by atoms with Gasteiger partial charge in [0.25, 0.3) is 0 Å². The number of benzene rings is 1. The molecule has 0 radical (unpaired) electrons. The molecule has 1 N–H and O–H groups in total. The van der Waals surface area contributed by atoms with Crippen molar-refractivity contribution < 1.29 is 36.6 Å². The first-order chi connectivity index (χ1) is 15.1. The van der Waals surface area contributed by atoms with Crippen LogP contribution in [0.1, 0.15) is 44.1 Å². The SMILES string of the molecule is COC(=O)C1=C(C(F)(F)F)NC(C)=C(C(=O)OCCCCCCBr)C1c1cccc(F)c1. The Bertz CT molecular complexity index is 911. The summed E-state index contributed by atoms with van der Waals surface area (Å²) in [5.74, 6) is -4.41. The second kappa shape index (κ2) is 11.5. The fraction of sp³-hybridized carbons (Fsp3) is 0.455. The topological polar surface area (TPSA) is 64.6 Å². The van der Waals surface area contributed by atoms with Crippen LogP contribution in [0.15, 0.2) is 46.8 Å². The van der Waals surface area contributed by atoms with Gasteiger partial charge >= 0.3 is 18.1 Å². The molecule has 1 aliphatic heterocycles. The van der Waals surface area contributed by atoms with Crippen LogP contribution in [0.3, 0.4) is 0 Å². The van der Waals surface area contributed by atoms with Crippen molar-refractivity contribution in [2.75, 3.05) is 19.0 Å². The average Bonchev–Trinajstić information content (AvgIpc) is 2.74. The van der Waals surface area contributed by atoms with Gasteiger partial charge in [0.05, 0.1) is 30.8 Å². The Kier molecular flexibility index (Phi) is 9.30. The summed E-state index contributed by atoms with van der Waals surface area (Å²) in [5, 5.41) is 2.98. The summed E-state index contributed by atoms with van der Waals surface area (Å²) in [5.41, 5.74) is -2.53. The lowest BCUT2D eigenvalue weighted by Crippen LogP contribution is -2.38. The van der Waals surface area contributed by atoms with E-state index in [4.69, 9.17) is 4.74 Å². The lowest BCUT2D eigenvalue weighted by molar-refractivity contribution is -0.140. The summed E-state index contributed by atoms with van der Waals surface area (Å²) in [6.45, 7) is 1.34. The van der Waals surface area contributed by atoms with Gasteiger partial charge in [0.2, 0.25) is 0 Å². The van der Waals surface area contributed by atoms with Gasteiger partial charge < -0.3 is 14.8 Å². The van der Waals surface area contributed by atoms with E-state index in [1.165, 1.54) is 19.1 Å². The molecule has 1 atom stereocenters. The van der Waals surface area contributed by atoms with Crippen molar-refractivity contribution in [1.29, 1.82) is 0 Å². The van der Waals surface area contributed by atoms with Crippen LogP contribution in [0.4, 0.5) is 17.6 Å². The zero-order valence-corrected chi connectivity index (χ0v) is 19.2. The van der Waals surface area contributed by atoms with Gasteiger partial charge in [-0.25, -0.2) is 14.0 Å². The highest BCUT2D eigenvalue weighted by Crippen LogP contribution is 2.43. The molecular weight excluding hydrogens is 498 g/mol. The number of hydrogen-bond acceptors (Lipinski definition) is 5. The number of unbranched alkanes of at least 4 members (excludes halogenated alkanes) is 3. The summed E-state index contributed by atoms with van der Waals surface area (Å²) >= 11 is 3.33. The monoisotopic (exact) mass is 521 g/mol. The van der Waals surface area contributed by atoms with Crippen LogP contribution >= 0.6 is 15.9 Å². The summed E-state index contributed by atoms with van der Waals surface area (Å²) in [4.78, 5) is 25.3. The van der Waals surface area contributed by atoms with Gasteiger partial charge in [-0.3, -0.25) is 0 Å². The zero-order valence-electron chi connectivity index (χ0n) is 17.7. The number of carbonyl (C=O) groups excluding carboxylic acids is 2. The van der Waals surface area contributed by atoms with Gasteiger partial charge in [0.15, 0.2) is 0 Å². The molecule has 0 spiro atoms. The predicted molar refractivity (Wildman–Crippen MR) is 113 cm³/mol. The maximum atomic E-state index is 13.9. The lowest BCUT2D eigenvalue weighted by atomic mass is 9.80. The van der Waals surface area contributed by atoms with E-state index in [0.29, 0.717) is 6.42 Å². The standard InChI is InChI=1S/C22H24BrF4NO4/c1-13-16(21(30)32-11-6-4-3-5-10-23)17(14-8-7-9-15(24)12-14)18(20(29)31-2)19(28-13)22(25,26)27/h7-9,12,17,28H,3-6,10-11H2,1-2H3. The molecule has 0 aliphatic carbocycles. The molecule has 1 heterocycles. The van der Waals surface area contributed by atoms with Crippen molar-refractivity contribution in [3.63, 3.8) is 0 Å². The van der Waals surface area contributed by atoms with Crippen LogP contribution in [0.25, 0.3) is 0 Å². The van der Waals surface area contributed by atoms with Crippen LogP contribution in [0.2, 0.25) is 0 Å². The highest BCUT2D eigenvalue weighted by Gasteiger charge is 2.47. The third-order valence-corrected chi connectivity index (χ3v) is 5.48. The Morgan fingerprint density at radius 1 is 1.09 bits per heavy atom. The third kappa shape index (κ3) is 6.34. The number of dihydropyridines is 1. The molecule has 2 rings (SSSR count). The minimum Gasteiger partial charge on any atom is -0.466 e. The van der Waals surface area contributed by atoms with E-state index in [-0.39, 0.29) is 23.4 Å². The van der Waals surface area contributed by atoms with Crippen molar-refractivity contribution in [2.24, 2.45) is 0 Å². The third-order valence-electron chi connectivity index (χ3n) is 4.92. The maximum absolute atomic E-state index is 13.9. The van der Waals surface area contributed by atoms with Gasteiger partial charge in [-0.15, -0.1) is 0 Å². The summed E-state index contributed by atoms with van der Waals surface area (Å²) < 4.78 is 65.1. The van der Waals surface area contributed by atoms with E-state index in [2.05, 4.69) is 26.0 Å². The zero-order chi connectivity index (χ0) is 23.9. The first-order valence-electron chi connectivity index (χ1n) is 9.97. The number of hydrogen-bond donors (Lipinski definition) is 1. The molecule has 176 valence electrons. The molecule has 10 heteroatoms. The molecule has 0 amide bonds. The first kappa shape index (κ1) is 25.9. The quantitative estimate of drug-likeness (QED) is 0.207. The largest absolute Gasteiger partial charge is 0.466 e. The van der Waals surface area contributed by atoms with E-state index in [1.807, 2.05) is 0 Å². The fourth-order valence-corrected chi connectivity index (χ4v) is 3.86. The number of ether oxygens (including phenoxy) is 2. The Labute approximate surface area is 192 Å². The Balaban J connectivity index is 2.47. The van der Waals surface area contributed by atoms with Crippen LogP contribution < -0.4 is 5.32 Å². The van der Waals surface area contributed by atoms with E-state index in [1.54, 1.807) is 0 Å². The molecule has 0 saturated carbocycles. The van der Waals surface area contributed by atoms with Gasteiger partial charge in [-0.1, -0.05) is 40.9 Å². The second-order valence-electron chi connectivity index (χ2n) is 7.17. The smallest absolute Gasteiger partial charge is 0.431 e. The van der Waals surface area contributed by atoms with Gasteiger partial charge in [-0.2, -0.15) is 13.2 Å². The Morgan fingerprint density at radius 2 is 1.78 bits per heavy atom. The minimum absolute atomic E-state index is 0.00253. The van der Waals surface area contributed by atoms with Crippen LogP contribution in [-0.2, 0) is 19.1 Å². The Hall–Kier alpha value is -2.36. The minimum atomic E-state index is -4.94. The van der Waals surface area contributed by atoms with Gasteiger partial charge in [0.1, 0.15) is 11.5 Å². The molecule has 0 fully saturated rings. The number of methoxy groups -OCH3 is 1. The van der Waals surface area contributed by atoms with Crippen LogP contribution in [0.5, 0.6) is 0 Å². The van der Waals surface area contributed by atoms with Crippen molar-refractivity contribution >= 4 is 27.9 Å². The molecule has 0 bridgehead atoms. The van der Waals surface area contributed by atoms with Gasteiger partial charge in [-0.05, 0) is 37.5 Å². The number of alkyl halides is 4. The normalized spacial score (nSPS) is 16.7. The predicted octanol–water partition coefficient (Wildman–Crippen LogP) is 5.27. The number of halogens is 5. The number of rotatable bonds is 9. The highest BCUT2D eigenvalue weighted by molar-refractivity contribution is 9.09. The van der Waals surface area contributed by atoms with E-state index < -0.39 is 41.1 Å². The average molecular weight is 522 g/mol. The Morgan fingerprint density at radius 3 is 2.38 bits per heavy atom. The van der Waals surface area contributed by atoms with E-state index in [0.717, 1.165) is 43.8 Å². The summed E-state index contributed by atoms with van der Waals surface area (Å²) in [6.07, 6.45) is -1.65. The molecule has 1 aromatic rings. The fourth-order valence-electron chi connectivity index (χ4n) is 3.46. The number of allylic oxidation sites excluding steroid dienone is 2. The molecule has 32 heavy (non-hydrogen) atoms. The molecular formula is C22H24BrF4NO4. The number of nitrogens with one attached hydrogen (secondary N) is 1. The second-order valence-corrected chi connectivity index (χ2v) is 7.96. The van der Waals surface area contributed by atoms with Crippen molar-refractivity contribution in [2.45, 2.75) is 44.7 Å². The van der Waals surface area contributed by atoms with Gasteiger partial charge in [0, 0.05) is 11.0 Å². The molecule has 5 nitrogen and oxygen atoms in total. The van der Waals surface area contributed by atoms with Crippen LogP contribution in [0, 0.1) is 5.82 Å². The number of esters is 2. The number of carbonyl (C=O) groups is 2.